The third kappa shape index (κ3) is 2.44. The van der Waals surface area contributed by atoms with Gasteiger partial charge in [0.2, 0.25) is 0 Å². The molecule has 1 aliphatic heterocycles. The van der Waals surface area contributed by atoms with Gasteiger partial charge in [0.15, 0.2) is 0 Å². The first-order chi connectivity index (χ1) is 12.8. The molecule has 2 heterocycles. The quantitative estimate of drug-likeness (QED) is 0.497. The standard InChI is InChI=1S/C23H19N3/c1-16-6-8-17(9-7-16)19-11-10-18-12-13-26(22(18)14-19)23-20-4-2-3-5-21(20)24-15-25-23/h2-11,14-15H,12-13H2,1H3. The van der Waals surface area contributed by atoms with E-state index in [1.54, 1.807) is 6.33 Å². The molecule has 1 aliphatic rings. The lowest BCUT2D eigenvalue weighted by atomic mass is 10.0. The molecule has 0 bridgehead atoms. The zero-order chi connectivity index (χ0) is 17.5. The predicted molar refractivity (Wildman–Crippen MR) is 107 cm³/mol. The molecule has 0 unspecified atom stereocenters. The third-order valence-electron chi connectivity index (χ3n) is 5.14. The molecule has 0 saturated carbocycles. The normalized spacial score (nSPS) is 13.2. The minimum atomic E-state index is 0.952. The van der Waals surface area contributed by atoms with Crippen molar-refractivity contribution in [3.05, 3.63) is 84.2 Å². The lowest BCUT2D eigenvalue weighted by Gasteiger charge is -2.20. The molecule has 0 spiro atoms. The molecule has 26 heavy (non-hydrogen) atoms. The second-order valence-electron chi connectivity index (χ2n) is 6.83. The number of para-hydroxylation sites is 1. The summed E-state index contributed by atoms with van der Waals surface area (Å²) in [6.45, 7) is 3.07. The Morgan fingerprint density at radius 2 is 1.65 bits per heavy atom. The van der Waals surface area contributed by atoms with Gasteiger partial charge in [0.25, 0.3) is 0 Å². The Bertz CT molecular complexity index is 1090. The number of benzene rings is 3. The fourth-order valence-corrected chi connectivity index (χ4v) is 3.73. The van der Waals surface area contributed by atoms with Crippen LogP contribution in [0.1, 0.15) is 11.1 Å². The average Bonchev–Trinajstić information content (AvgIpc) is 3.11. The van der Waals surface area contributed by atoms with Crippen molar-refractivity contribution in [2.24, 2.45) is 0 Å². The summed E-state index contributed by atoms with van der Waals surface area (Å²) in [6.07, 6.45) is 2.71. The predicted octanol–water partition coefficient (Wildman–Crippen LogP) is 5.30. The topological polar surface area (TPSA) is 29.0 Å². The van der Waals surface area contributed by atoms with Crippen molar-refractivity contribution < 1.29 is 0 Å². The molecule has 5 rings (SSSR count). The highest BCUT2D eigenvalue weighted by Gasteiger charge is 2.23. The third-order valence-corrected chi connectivity index (χ3v) is 5.14. The van der Waals surface area contributed by atoms with Gasteiger partial charge in [-0.3, -0.25) is 0 Å². The number of anilines is 2. The minimum absolute atomic E-state index is 0.952. The molecule has 3 aromatic carbocycles. The largest absolute Gasteiger partial charge is 0.325 e. The van der Waals surface area contributed by atoms with Crippen LogP contribution in [0.4, 0.5) is 11.5 Å². The fraction of sp³-hybridized carbons (Fsp3) is 0.130. The van der Waals surface area contributed by atoms with Gasteiger partial charge in [-0.25, -0.2) is 9.97 Å². The maximum Gasteiger partial charge on any atom is 0.144 e. The highest BCUT2D eigenvalue weighted by molar-refractivity contribution is 5.92. The van der Waals surface area contributed by atoms with Gasteiger partial charge >= 0.3 is 0 Å². The minimum Gasteiger partial charge on any atom is -0.325 e. The molecule has 3 nitrogen and oxygen atoms in total. The van der Waals surface area contributed by atoms with Crippen LogP contribution in [0.5, 0.6) is 0 Å². The van der Waals surface area contributed by atoms with Crippen molar-refractivity contribution in [1.82, 2.24) is 9.97 Å². The van der Waals surface area contributed by atoms with E-state index in [-0.39, 0.29) is 0 Å². The van der Waals surface area contributed by atoms with Crippen LogP contribution in [-0.2, 0) is 6.42 Å². The Morgan fingerprint density at radius 1 is 0.846 bits per heavy atom. The molecule has 0 aliphatic carbocycles. The molecule has 0 saturated heterocycles. The van der Waals surface area contributed by atoms with Crippen LogP contribution in [0.15, 0.2) is 73.1 Å². The Kier molecular flexibility index (Phi) is 3.45. The van der Waals surface area contributed by atoms with Gasteiger partial charge in [-0.2, -0.15) is 0 Å². The van der Waals surface area contributed by atoms with E-state index < -0.39 is 0 Å². The van der Waals surface area contributed by atoms with E-state index in [2.05, 4.69) is 76.4 Å². The number of aryl methyl sites for hydroxylation is 1. The lowest BCUT2D eigenvalue weighted by Crippen LogP contribution is -2.15. The first-order valence-corrected chi connectivity index (χ1v) is 8.97. The summed E-state index contributed by atoms with van der Waals surface area (Å²) in [5.74, 6) is 0.996. The second kappa shape index (κ2) is 5.95. The summed E-state index contributed by atoms with van der Waals surface area (Å²) in [7, 11) is 0. The number of rotatable bonds is 2. The Labute approximate surface area is 153 Å². The molecule has 1 aromatic heterocycles. The van der Waals surface area contributed by atoms with E-state index in [4.69, 9.17) is 0 Å². The van der Waals surface area contributed by atoms with Crippen LogP contribution in [0.25, 0.3) is 22.0 Å². The van der Waals surface area contributed by atoms with Gasteiger partial charge in [0.1, 0.15) is 12.1 Å². The number of aromatic nitrogens is 2. The van der Waals surface area contributed by atoms with Gasteiger partial charge in [0.05, 0.1) is 5.52 Å². The summed E-state index contributed by atoms with van der Waals surface area (Å²) >= 11 is 0. The van der Waals surface area contributed by atoms with Crippen molar-refractivity contribution in [2.75, 3.05) is 11.4 Å². The van der Waals surface area contributed by atoms with Crippen LogP contribution < -0.4 is 4.90 Å². The van der Waals surface area contributed by atoms with Crippen LogP contribution in [-0.4, -0.2) is 16.5 Å². The van der Waals surface area contributed by atoms with E-state index >= 15 is 0 Å². The van der Waals surface area contributed by atoms with Crippen LogP contribution in [0.2, 0.25) is 0 Å². The van der Waals surface area contributed by atoms with E-state index in [9.17, 15) is 0 Å². The van der Waals surface area contributed by atoms with Crippen molar-refractivity contribution >= 4 is 22.4 Å². The molecule has 4 aromatic rings. The maximum absolute atomic E-state index is 4.62. The number of hydrogen-bond acceptors (Lipinski definition) is 3. The summed E-state index contributed by atoms with van der Waals surface area (Å²) in [5.41, 5.74) is 7.40. The summed E-state index contributed by atoms with van der Waals surface area (Å²) in [6, 6.07) is 23.7. The fourth-order valence-electron chi connectivity index (χ4n) is 3.73. The van der Waals surface area contributed by atoms with Crippen LogP contribution in [0.3, 0.4) is 0 Å². The molecule has 126 valence electrons. The Morgan fingerprint density at radius 3 is 2.54 bits per heavy atom. The molecule has 0 atom stereocenters. The van der Waals surface area contributed by atoms with Crippen molar-refractivity contribution in [3.63, 3.8) is 0 Å². The number of hydrogen-bond donors (Lipinski definition) is 0. The van der Waals surface area contributed by atoms with Crippen LogP contribution >= 0.6 is 0 Å². The SMILES string of the molecule is Cc1ccc(-c2ccc3c(c2)N(c2ncnc4ccccc24)CC3)cc1. The second-order valence-corrected chi connectivity index (χ2v) is 6.83. The van der Waals surface area contributed by atoms with Crippen LogP contribution in [0, 0.1) is 6.92 Å². The highest BCUT2D eigenvalue weighted by Crippen LogP contribution is 2.38. The molecular formula is C23H19N3. The lowest BCUT2D eigenvalue weighted by molar-refractivity contribution is 0.975. The van der Waals surface area contributed by atoms with Crippen molar-refractivity contribution in [3.8, 4) is 11.1 Å². The van der Waals surface area contributed by atoms with Gasteiger partial charge in [-0.15, -0.1) is 0 Å². The van der Waals surface area contributed by atoms with Gasteiger partial charge < -0.3 is 4.90 Å². The Balaban J connectivity index is 1.63. The first kappa shape index (κ1) is 15.1. The van der Waals surface area contributed by atoms with Gasteiger partial charge in [0, 0.05) is 17.6 Å². The van der Waals surface area contributed by atoms with E-state index in [1.807, 2.05) is 12.1 Å². The van der Waals surface area contributed by atoms with Gasteiger partial charge in [-0.05, 0) is 48.2 Å². The zero-order valence-electron chi connectivity index (χ0n) is 14.7. The average molecular weight is 337 g/mol. The molecule has 0 radical (unpaired) electrons. The summed E-state index contributed by atoms with van der Waals surface area (Å²) in [5, 5.41) is 1.10. The first-order valence-electron chi connectivity index (χ1n) is 8.97. The monoisotopic (exact) mass is 337 g/mol. The van der Waals surface area contributed by atoms with E-state index in [0.29, 0.717) is 0 Å². The smallest absolute Gasteiger partial charge is 0.144 e. The summed E-state index contributed by atoms with van der Waals surface area (Å²) < 4.78 is 0. The number of fused-ring (bicyclic) bond motifs is 2. The van der Waals surface area contributed by atoms with E-state index in [1.165, 1.54) is 27.9 Å². The molecular weight excluding hydrogens is 318 g/mol. The molecule has 0 amide bonds. The number of nitrogens with zero attached hydrogens (tertiary/aromatic N) is 3. The van der Waals surface area contributed by atoms with Crippen molar-refractivity contribution in [2.45, 2.75) is 13.3 Å². The van der Waals surface area contributed by atoms with E-state index in [0.717, 1.165) is 29.7 Å². The van der Waals surface area contributed by atoms with Crippen molar-refractivity contribution in [1.29, 1.82) is 0 Å². The maximum atomic E-state index is 4.62. The Hall–Kier alpha value is -3.20. The van der Waals surface area contributed by atoms with Gasteiger partial charge in [-0.1, -0.05) is 54.1 Å². The highest BCUT2D eigenvalue weighted by atomic mass is 15.2. The molecule has 0 N–H and O–H groups in total. The molecule has 0 fully saturated rings. The molecule has 3 heteroatoms. The summed E-state index contributed by atoms with van der Waals surface area (Å²) in [4.78, 5) is 11.4. The zero-order valence-corrected chi connectivity index (χ0v) is 14.7.